The van der Waals surface area contributed by atoms with Crippen molar-refractivity contribution in [2.24, 2.45) is 0 Å². The van der Waals surface area contributed by atoms with Gasteiger partial charge in [-0.1, -0.05) is 20.8 Å². The first-order valence-electron chi connectivity index (χ1n) is 7.08. The molecule has 19 heavy (non-hydrogen) atoms. The zero-order chi connectivity index (χ0) is 13.8. The predicted molar refractivity (Wildman–Crippen MR) is 77.8 cm³/mol. The molecule has 0 saturated carbocycles. The molecule has 0 spiro atoms. The minimum atomic E-state index is 0.761. The fourth-order valence-electron chi connectivity index (χ4n) is 2.38. The Morgan fingerprint density at radius 3 is 2.53 bits per heavy atom. The third-order valence-electron chi connectivity index (χ3n) is 3.27. The van der Waals surface area contributed by atoms with Crippen molar-refractivity contribution in [2.45, 2.75) is 53.1 Å². The van der Waals surface area contributed by atoms with Crippen LogP contribution in [0.1, 0.15) is 39.4 Å². The summed E-state index contributed by atoms with van der Waals surface area (Å²) < 4.78 is 4.24. The van der Waals surface area contributed by atoms with E-state index in [4.69, 9.17) is 10.7 Å². The third-order valence-corrected chi connectivity index (χ3v) is 3.27. The van der Waals surface area contributed by atoms with Gasteiger partial charge in [0.1, 0.15) is 17.3 Å². The van der Waals surface area contributed by atoms with E-state index in [9.17, 15) is 0 Å². The maximum absolute atomic E-state index is 6.28. The lowest BCUT2D eigenvalue weighted by Crippen LogP contribution is -2.06. The van der Waals surface area contributed by atoms with Crippen LogP contribution in [0.15, 0.2) is 12.5 Å². The van der Waals surface area contributed by atoms with Crippen molar-refractivity contribution < 1.29 is 0 Å². The quantitative estimate of drug-likeness (QED) is 0.869. The van der Waals surface area contributed by atoms with Gasteiger partial charge < -0.3 is 14.9 Å². The molecule has 0 amide bonds. The van der Waals surface area contributed by atoms with Crippen LogP contribution in [0.3, 0.4) is 0 Å². The molecule has 0 bridgehead atoms. The molecule has 0 atom stereocenters. The standard InChI is InChI=1S/C14H23N5/c1-4-7-18-10-16-9-11(18)13-14(15)19(8-5-2)12(6-3)17-13/h9-10H,4-8,15H2,1-3H3. The third kappa shape index (κ3) is 2.50. The first kappa shape index (κ1) is 13.6. The summed E-state index contributed by atoms with van der Waals surface area (Å²) in [7, 11) is 0. The van der Waals surface area contributed by atoms with Crippen molar-refractivity contribution in [3.8, 4) is 11.4 Å². The SMILES string of the molecule is CCCn1cncc1-c1nc(CC)n(CCC)c1N. The first-order valence-corrected chi connectivity index (χ1v) is 7.08. The van der Waals surface area contributed by atoms with Crippen molar-refractivity contribution in [1.29, 1.82) is 0 Å². The highest BCUT2D eigenvalue weighted by Gasteiger charge is 2.17. The summed E-state index contributed by atoms with van der Waals surface area (Å²) in [6.07, 6.45) is 6.72. The molecular formula is C14H23N5. The van der Waals surface area contributed by atoms with Crippen LogP contribution in [-0.4, -0.2) is 19.1 Å². The molecule has 2 aromatic rings. The number of nitrogens with two attached hydrogens (primary N) is 1. The largest absolute Gasteiger partial charge is 0.383 e. The average molecular weight is 261 g/mol. The van der Waals surface area contributed by atoms with Gasteiger partial charge >= 0.3 is 0 Å². The normalized spacial score (nSPS) is 11.1. The Bertz CT molecular complexity index is 538. The minimum Gasteiger partial charge on any atom is -0.383 e. The second-order valence-corrected chi connectivity index (χ2v) is 4.74. The first-order chi connectivity index (χ1) is 9.22. The Morgan fingerprint density at radius 2 is 1.89 bits per heavy atom. The van der Waals surface area contributed by atoms with E-state index in [-0.39, 0.29) is 0 Å². The summed E-state index contributed by atoms with van der Waals surface area (Å²) in [5, 5.41) is 0. The minimum absolute atomic E-state index is 0.761. The van der Waals surface area contributed by atoms with Gasteiger partial charge in [-0.25, -0.2) is 9.97 Å². The molecule has 2 rings (SSSR count). The molecule has 2 heterocycles. The Labute approximate surface area is 114 Å². The molecule has 0 saturated heterocycles. The second kappa shape index (κ2) is 5.91. The Balaban J connectivity index is 2.47. The van der Waals surface area contributed by atoms with Crippen molar-refractivity contribution >= 4 is 5.82 Å². The molecule has 0 unspecified atom stereocenters. The summed E-state index contributed by atoms with van der Waals surface area (Å²) in [4.78, 5) is 8.94. The molecule has 0 fully saturated rings. The zero-order valence-corrected chi connectivity index (χ0v) is 12.1. The number of hydrogen-bond acceptors (Lipinski definition) is 3. The highest BCUT2D eigenvalue weighted by atomic mass is 15.2. The van der Waals surface area contributed by atoms with Crippen molar-refractivity contribution in [2.75, 3.05) is 5.73 Å². The molecular weight excluding hydrogens is 238 g/mol. The number of nitrogen functional groups attached to an aromatic ring is 1. The molecule has 104 valence electrons. The lowest BCUT2D eigenvalue weighted by Gasteiger charge is -2.07. The Morgan fingerprint density at radius 1 is 1.16 bits per heavy atom. The monoisotopic (exact) mass is 261 g/mol. The van der Waals surface area contributed by atoms with E-state index >= 15 is 0 Å². The van der Waals surface area contributed by atoms with E-state index in [1.807, 2.05) is 12.5 Å². The summed E-state index contributed by atoms with van der Waals surface area (Å²) in [6, 6.07) is 0. The highest BCUT2D eigenvalue weighted by molar-refractivity contribution is 5.68. The molecule has 5 nitrogen and oxygen atoms in total. The molecule has 0 radical (unpaired) electrons. The van der Waals surface area contributed by atoms with Crippen LogP contribution in [0.4, 0.5) is 5.82 Å². The van der Waals surface area contributed by atoms with Crippen molar-refractivity contribution in [3.63, 3.8) is 0 Å². The van der Waals surface area contributed by atoms with Crippen LogP contribution < -0.4 is 5.73 Å². The molecule has 0 aliphatic rings. The summed E-state index contributed by atoms with van der Waals surface area (Å²) in [5.41, 5.74) is 8.17. The molecule has 0 aliphatic heterocycles. The van der Waals surface area contributed by atoms with Gasteiger partial charge in [0.2, 0.25) is 0 Å². The Kier molecular flexibility index (Phi) is 4.24. The van der Waals surface area contributed by atoms with Crippen LogP contribution in [0.25, 0.3) is 11.4 Å². The summed E-state index contributed by atoms with van der Waals surface area (Å²) >= 11 is 0. The lowest BCUT2D eigenvalue weighted by molar-refractivity contribution is 0.650. The Hall–Kier alpha value is -1.78. The van der Waals surface area contributed by atoms with E-state index in [1.54, 1.807) is 0 Å². The molecule has 5 heteroatoms. The van der Waals surface area contributed by atoms with E-state index in [0.717, 1.165) is 55.4 Å². The van der Waals surface area contributed by atoms with Crippen LogP contribution in [0.2, 0.25) is 0 Å². The number of hydrogen-bond donors (Lipinski definition) is 1. The van der Waals surface area contributed by atoms with E-state index < -0.39 is 0 Å². The van der Waals surface area contributed by atoms with Crippen LogP contribution >= 0.6 is 0 Å². The van der Waals surface area contributed by atoms with Crippen molar-refractivity contribution in [3.05, 3.63) is 18.3 Å². The maximum Gasteiger partial charge on any atom is 0.133 e. The topological polar surface area (TPSA) is 61.7 Å². The van der Waals surface area contributed by atoms with Gasteiger partial charge in [0, 0.05) is 19.5 Å². The van der Waals surface area contributed by atoms with Gasteiger partial charge in [-0.05, 0) is 12.8 Å². The molecule has 0 aromatic carbocycles. The number of rotatable bonds is 6. The number of aryl methyl sites for hydroxylation is 2. The summed E-state index contributed by atoms with van der Waals surface area (Å²) in [5.74, 6) is 1.81. The average Bonchev–Trinajstić information content (AvgIpc) is 2.97. The maximum atomic E-state index is 6.28. The zero-order valence-electron chi connectivity index (χ0n) is 12.1. The van der Waals surface area contributed by atoms with E-state index in [1.165, 1.54) is 0 Å². The van der Waals surface area contributed by atoms with E-state index in [0.29, 0.717) is 0 Å². The van der Waals surface area contributed by atoms with Gasteiger partial charge in [0.15, 0.2) is 0 Å². The fraction of sp³-hybridized carbons (Fsp3) is 0.571. The molecule has 2 aromatic heterocycles. The summed E-state index contributed by atoms with van der Waals surface area (Å²) in [6.45, 7) is 8.28. The smallest absolute Gasteiger partial charge is 0.133 e. The number of nitrogens with zero attached hydrogens (tertiary/aromatic N) is 4. The van der Waals surface area contributed by atoms with Crippen molar-refractivity contribution in [1.82, 2.24) is 19.1 Å². The van der Waals surface area contributed by atoms with Crippen LogP contribution in [0.5, 0.6) is 0 Å². The number of imidazole rings is 2. The van der Waals surface area contributed by atoms with Crippen LogP contribution in [0, 0.1) is 0 Å². The van der Waals surface area contributed by atoms with Crippen LogP contribution in [-0.2, 0) is 19.5 Å². The predicted octanol–water partition coefficient (Wildman–Crippen LogP) is 2.71. The number of aromatic nitrogens is 4. The van der Waals surface area contributed by atoms with Gasteiger partial charge in [-0.15, -0.1) is 0 Å². The molecule has 2 N–H and O–H groups in total. The van der Waals surface area contributed by atoms with Gasteiger partial charge in [0.05, 0.1) is 18.2 Å². The van der Waals surface area contributed by atoms with Gasteiger partial charge in [-0.2, -0.15) is 0 Å². The van der Waals surface area contributed by atoms with Gasteiger partial charge in [0.25, 0.3) is 0 Å². The number of anilines is 1. The van der Waals surface area contributed by atoms with E-state index in [2.05, 4.69) is 34.9 Å². The lowest BCUT2D eigenvalue weighted by atomic mass is 10.3. The highest BCUT2D eigenvalue weighted by Crippen LogP contribution is 2.27. The fourth-order valence-corrected chi connectivity index (χ4v) is 2.38. The second-order valence-electron chi connectivity index (χ2n) is 4.74. The van der Waals surface area contributed by atoms with Gasteiger partial charge in [-0.3, -0.25) is 0 Å². The molecule has 0 aliphatic carbocycles.